The summed E-state index contributed by atoms with van der Waals surface area (Å²) in [7, 11) is 0. The second kappa shape index (κ2) is 5.68. The molecule has 0 aromatic carbocycles. The van der Waals surface area contributed by atoms with Crippen molar-refractivity contribution in [2.45, 2.75) is 13.5 Å². The summed E-state index contributed by atoms with van der Waals surface area (Å²) in [6.45, 7) is 3.82. The van der Waals surface area contributed by atoms with Gasteiger partial charge in [-0.3, -0.25) is 0 Å². The fraction of sp³-hybridized carbons (Fsp3) is 0.333. The second-order valence-corrected chi connectivity index (χ2v) is 7.30. The number of halogens is 2. The molecule has 2 heterocycles. The standard InChI is InChI=1S/C9H9Br2N3S2/c1-2-12-4-7-13-14-9(16-7)6-3-5(10)8(11)15-6/h3,12H,2,4H2,1H3. The molecule has 0 amide bonds. The summed E-state index contributed by atoms with van der Waals surface area (Å²) in [5.74, 6) is 0. The predicted molar refractivity (Wildman–Crippen MR) is 76.0 cm³/mol. The maximum atomic E-state index is 4.19. The van der Waals surface area contributed by atoms with Crippen molar-refractivity contribution < 1.29 is 0 Å². The molecule has 0 fully saturated rings. The molecule has 7 heteroatoms. The lowest BCUT2D eigenvalue weighted by Gasteiger charge is -1.93. The molecule has 0 aliphatic rings. The minimum absolute atomic E-state index is 0.794. The van der Waals surface area contributed by atoms with E-state index in [4.69, 9.17) is 0 Å². The maximum absolute atomic E-state index is 4.19. The number of hydrogen-bond donors (Lipinski definition) is 1. The first kappa shape index (κ1) is 12.6. The van der Waals surface area contributed by atoms with Gasteiger partial charge in [-0.1, -0.05) is 18.3 Å². The zero-order valence-electron chi connectivity index (χ0n) is 8.46. The third-order valence-corrected chi connectivity index (χ3v) is 6.20. The summed E-state index contributed by atoms with van der Waals surface area (Å²) in [5, 5.41) is 13.6. The molecule has 0 aliphatic heterocycles. The highest BCUT2D eigenvalue weighted by atomic mass is 79.9. The van der Waals surface area contributed by atoms with Crippen molar-refractivity contribution in [2.24, 2.45) is 0 Å². The molecule has 1 N–H and O–H groups in total. The molecule has 2 aromatic rings. The average molecular weight is 383 g/mol. The minimum Gasteiger partial charge on any atom is -0.311 e. The van der Waals surface area contributed by atoms with Gasteiger partial charge in [-0.15, -0.1) is 21.5 Å². The lowest BCUT2D eigenvalue weighted by atomic mass is 10.5. The van der Waals surface area contributed by atoms with Crippen LogP contribution in [0.2, 0.25) is 0 Å². The van der Waals surface area contributed by atoms with Gasteiger partial charge in [-0.25, -0.2) is 0 Å². The molecule has 3 nitrogen and oxygen atoms in total. The fourth-order valence-corrected chi connectivity index (χ4v) is 3.99. The van der Waals surface area contributed by atoms with E-state index in [0.29, 0.717) is 0 Å². The van der Waals surface area contributed by atoms with Crippen molar-refractivity contribution in [1.82, 2.24) is 15.5 Å². The molecule has 0 atom stereocenters. The van der Waals surface area contributed by atoms with E-state index in [1.54, 1.807) is 22.7 Å². The molecular weight excluding hydrogens is 374 g/mol. The monoisotopic (exact) mass is 381 g/mol. The topological polar surface area (TPSA) is 37.8 Å². The van der Waals surface area contributed by atoms with E-state index in [1.165, 1.54) is 0 Å². The molecule has 0 saturated carbocycles. The smallest absolute Gasteiger partial charge is 0.157 e. The van der Waals surface area contributed by atoms with Gasteiger partial charge in [0.25, 0.3) is 0 Å². The van der Waals surface area contributed by atoms with E-state index < -0.39 is 0 Å². The minimum atomic E-state index is 0.794. The molecule has 0 aliphatic carbocycles. The van der Waals surface area contributed by atoms with E-state index in [2.05, 4.69) is 60.4 Å². The number of nitrogens with one attached hydrogen (secondary N) is 1. The second-order valence-electron chi connectivity index (χ2n) is 3.01. The Morgan fingerprint density at radius 3 is 2.75 bits per heavy atom. The summed E-state index contributed by atoms with van der Waals surface area (Å²) in [5.41, 5.74) is 0. The van der Waals surface area contributed by atoms with Crippen LogP contribution in [0.1, 0.15) is 11.9 Å². The van der Waals surface area contributed by atoms with Crippen molar-refractivity contribution in [3.63, 3.8) is 0 Å². The van der Waals surface area contributed by atoms with E-state index in [0.717, 1.165) is 36.2 Å². The van der Waals surface area contributed by atoms with Gasteiger partial charge in [0.15, 0.2) is 5.01 Å². The van der Waals surface area contributed by atoms with E-state index in [1.807, 2.05) is 0 Å². The van der Waals surface area contributed by atoms with Crippen LogP contribution < -0.4 is 5.32 Å². The summed E-state index contributed by atoms with van der Waals surface area (Å²) < 4.78 is 2.15. The van der Waals surface area contributed by atoms with Crippen LogP contribution in [0.25, 0.3) is 9.88 Å². The lowest BCUT2D eigenvalue weighted by Crippen LogP contribution is -2.11. The van der Waals surface area contributed by atoms with Crippen molar-refractivity contribution in [2.75, 3.05) is 6.54 Å². The lowest BCUT2D eigenvalue weighted by molar-refractivity contribution is 0.715. The zero-order valence-corrected chi connectivity index (χ0v) is 13.3. The fourth-order valence-electron chi connectivity index (χ4n) is 1.11. The summed E-state index contributed by atoms with van der Waals surface area (Å²) >= 11 is 10.2. The Labute approximate surface area is 119 Å². The van der Waals surface area contributed by atoms with Gasteiger partial charge in [-0.05, 0) is 44.5 Å². The maximum Gasteiger partial charge on any atom is 0.157 e. The van der Waals surface area contributed by atoms with Crippen LogP contribution in [-0.4, -0.2) is 16.7 Å². The Morgan fingerprint density at radius 1 is 1.31 bits per heavy atom. The Hall–Kier alpha value is 0.180. The summed E-state index contributed by atoms with van der Waals surface area (Å²) in [4.78, 5) is 1.14. The largest absolute Gasteiger partial charge is 0.311 e. The quantitative estimate of drug-likeness (QED) is 0.871. The summed E-state index contributed by atoms with van der Waals surface area (Å²) in [6.07, 6.45) is 0. The van der Waals surface area contributed by atoms with Gasteiger partial charge < -0.3 is 5.32 Å². The van der Waals surface area contributed by atoms with Crippen molar-refractivity contribution in [3.8, 4) is 9.88 Å². The highest BCUT2D eigenvalue weighted by Crippen LogP contribution is 2.39. The molecule has 86 valence electrons. The third-order valence-electron chi connectivity index (χ3n) is 1.85. The molecule has 0 radical (unpaired) electrons. The molecule has 0 bridgehead atoms. The number of hydrogen-bond acceptors (Lipinski definition) is 5. The van der Waals surface area contributed by atoms with Crippen LogP contribution in [0.5, 0.6) is 0 Å². The Morgan fingerprint density at radius 2 is 2.12 bits per heavy atom. The first-order chi connectivity index (χ1) is 7.70. The Kier molecular flexibility index (Phi) is 4.48. The zero-order chi connectivity index (χ0) is 11.5. The van der Waals surface area contributed by atoms with E-state index in [-0.39, 0.29) is 0 Å². The van der Waals surface area contributed by atoms with Crippen molar-refractivity contribution >= 4 is 54.5 Å². The number of thiophene rings is 1. The normalized spacial score (nSPS) is 10.9. The van der Waals surface area contributed by atoms with Gasteiger partial charge in [0, 0.05) is 11.0 Å². The van der Waals surface area contributed by atoms with Gasteiger partial charge in [0.2, 0.25) is 0 Å². The van der Waals surface area contributed by atoms with Crippen molar-refractivity contribution in [1.29, 1.82) is 0 Å². The van der Waals surface area contributed by atoms with E-state index in [9.17, 15) is 0 Å². The first-order valence-electron chi connectivity index (χ1n) is 4.69. The predicted octanol–water partition coefficient (Wildman–Crippen LogP) is 3.90. The summed E-state index contributed by atoms with van der Waals surface area (Å²) in [6, 6.07) is 2.06. The highest BCUT2D eigenvalue weighted by Gasteiger charge is 2.11. The molecule has 0 spiro atoms. The van der Waals surface area contributed by atoms with Gasteiger partial charge in [0.05, 0.1) is 8.66 Å². The Balaban J connectivity index is 2.18. The third kappa shape index (κ3) is 2.89. The van der Waals surface area contributed by atoms with Crippen LogP contribution in [-0.2, 0) is 6.54 Å². The van der Waals surface area contributed by atoms with Crippen LogP contribution in [0.3, 0.4) is 0 Å². The van der Waals surface area contributed by atoms with Crippen LogP contribution in [0.15, 0.2) is 14.3 Å². The van der Waals surface area contributed by atoms with Crippen molar-refractivity contribution in [3.05, 3.63) is 19.3 Å². The highest BCUT2D eigenvalue weighted by molar-refractivity contribution is 9.13. The first-order valence-corrected chi connectivity index (χ1v) is 7.91. The van der Waals surface area contributed by atoms with Gasteiger partial charge >= 0.3 is 0 Å². The molecule has 0 unspecified atom stereocenters. The Bertz CT molecular complexity index is 461. The van der Waals surface area contributed by atoms with Crippen LogP contribution in [0, 0.1) is 0 Å². The van der Waals surface area contributed by atoms with Gasteiger partial charge in [0.1, 0.15) is 5.01 Å². The van der Waals surface area contributed by atoms with Gasteiger partial charge in [-0.2, -0.15) is 0 Å². The number of rotatable bonds is 4. The van der Waals surface area contributed by atoms with Crippen LogP contribution >= 0.6 is 54.5 Å². The molecular formula is C9H9Br2N3S2. The number of nitrogens with zero attached hydrogens (tertiary/aromatic N) is 2. The molecule has 2 aromatic heterocycles. The molecule has 0 saturated heterocycles. The van der Waals surface area contributed by atoms with E-state index >= 15 is 0 Å². The SMILES string of the molecule is CCNCc1nnc(-c2cc(Br)c(Br)s2)s1. The molecule has 16 heavy (non-hydrogen) atoms. The number of aromatic nitrogens is 2. The van der Waals surface area contributed by atoms with Crippen LogP contribution in [0.4, 0.5) is 0 Å². The average Bonchev–Trinajstić information content (AvgIpc) is 2.84. The molecule has 2 rings (SSSR count).